The molecular formula is C31H25N5O8. The summed E-state index contributed by atoms with van der Waals surface area (Å²) in [6.45, 7) is -0.368. The third-order valence-electron chi connectivity index (χ3n) is 6.92. The van der Waals surface area contributed by atoms with Crippen LogP contribution in [0, 0.1) is 0 Å². The Balaban J connectivity index is 1.28. The lowest BCUT2D eigenvalue weighted by molar-refractivity contribution is -0.0585. The van der Waals surface area contributed by atoms with Crippen molar-refractivity contribution < 1.29 is 33.7 Å². The summed E-state index contributed by atoms with van der Waals surface area (Å²) in [5.41, 5.74) is 0.128. The smallest absolute Gasteiger partial charge is 0.338 e. The molecule has 222 valence electrons. The normalized spacial score (nSPS) is 19.4. The van der Waals surface area contributed by atoms with Crippen LogP contribution >= 0.6 is 0 Å². The Labute approximate surface area is 249 Å². The Kier molecular flexibility index (Phi) is 7.95. The number of fused-ring (bicyclic) bond motifs is 1. The van der Waals surface area contributed by atoms with E-state index in [0.29, 0.717) is 11.1 Å². The fourth-order valence-electron chi connectivity index (χ4n) is 4.75. The van der Waals surface area contributed by atoms with Crippen LogP contribution in [-0.4, -0.2) is 67.4 Å². The van der Waals surface area contributed by atoms with E-state index >= 15 is 0 Å². The summed E-state index contributed by atoms with van der Waals surface area (Å²) in [4.78, 5) is 62.0. The Morgan fingerprint density at radius 3 is 2.11 bits per heavy atom. The van der Waals surface area contributed by atoms with Crippen LogP contribution in [0.4, 0.5) is 5.95 Å². The molecule has 3 N–H and O–H groups in total. The molecule has 6 rings (SSSR count). The van der Waals surface area contributed by atoms with E-state index in [1.54, 1.807) is 91.0 Å². The average molecular weight is 596 g/mol. The molecule has 3 heterocycles. The number of carbonyl (C=O) groups is 3. The lowest BCUT2D eigenvalue weighted by Crippen LogP contribution is -2.38. The van der Waals surface area contributed by atoms with E-state index < -0.39 is 47.9 Å². The fourth-order valence-corrected chi connectivity index (χ4v) is 4.75. The zero-order valence-electron chi connectivity index (χ0n) is 22.9. The topological polar surface area (TPSA) is 175 Å². The number of amides is 1. The summed E-state index contributed by atoms with van der Waals surface area (Å²) >= 11 is 0. The number of aliphatic hydroxyl groups excluding tert-OH is 1. The molecule has 5 aromatic rings. The van der Waals surface area contributed by atoms with Gasteiger partial charge in [0.1, 0.15) is 18.8 Å². The molecular weight excluding hydrogens is 570 g/mol. The van der Waals surface area contributed by atoms with E-state index in [1.165, 1.54) is 10.9 Å². The van der Waals surface area contributed by atoms with Crippen molar-refractivity contribution in [2.24, 2.45) is 0 Å². The molecule has 0 saturated carbocycles. The average Bonchev–Trinajstić information content (AvgIpc) is 3.61. The quantitative estimate of drug-likeness (QED) is 0.226. The molecule has 4 unspecified atom stereocenters. The predicted molar refractivity (Wildman–Crippen MR) is 155 cm³/mol. The van der Waals surface area contributed by atoms with Gasteiger partial charge in [0.05, 0.1) is 17.5 Å². The maximum atomic E-state index is 13.0. The van der Waals surface area contributed by atoms with Gasteiger partial charge in [-0.15, -0.1) is 0 Å². The van der Waals surface area contributed by atoms with Gasteiger partial charge in [0.25, 0.3) is 11.5 Å². The number of rotatable bonds is 8. The zero-order valence-corrected chi connectivity index (χ0v) is 22.9. The van der Waals surface area contributed by atoms with Gasteiger partial charge in [0.15, 0.2) is 23.5 Å². The molecule has 1 aliphatic rings. The Morgan fingerprint density at radius 1 is 0.886 bits per heavy atom. The number of aliphatic hydroxyl groups is 1. The zero-order chi connectivity index (χ0) is 30.6. The molecule has 0 spiro atoms. The van der Waals surface area contributed by atoms with Crippen LogP contribution in [0.25, 0.3) is 11.2 Å². The van der Waals surface area contributed by atoms with Crippen LogP contribution in [0.15, 0.2) is 102 Å². The van der Waals surface area contributed by atoms with Gasteiger partial charge in [-0.25, -0.2) is 14.6 Å². The number of nitrogens with one attached hydrogen (secondary N) is 2. The predicted octanol–water partition coefficient (Wildman–Crippen LogP) is 2.71. The second-order valence-electron chi connectivity index (χ2n) is 9.81. The number of hydrogen-bond acceptors (Lipinski definition) is 10. The van der Waals surface area contributed by atoms with Crippen molar-refractivity contribution in [1.29, 1.82) is 0 Å². The maximum absolute atomic E-state index is 13.0. The van der Waals surface area contributed by atoms with Crippen molar-refractivity contribution >= 4 is 35.0 Å². The van der Waals surface area contributed by atoms with Gasteiger partial charge in [-0.05, 0) is 36.4 Å². The summed E-state index contributed by atoms with van der Waals surface area (Å²) in [6, 6.07) is 24.8. The molecule has 2 aromatic heterocycles. The van der Waals surface area contributed by atoms with E-state index in [9.17, 15) is 24.3 Å². The highest BCUT2D eigenvalue weighted by atomic mass is 16.6. The highest BCUT2D eigenvalue weighted by Gasteiger charge is 2.48. The first-order valence-electron chi connectivity index (χ1n) is 13.5. The van der Waals surface area contributed by atoms with Crippen LogP contribution < -0.4 is 10.9 Å². The lowest BCUT2D eigenvalue weighted by Gasteiger charge is -2.20. The van der Waals surface area contributed by atoms with E-state index in [2.05, 4.69) is 20.3 Å². The Bertz CT molecular complexity index is 1860. The molecule has 4 atom stereocenters. The molecule has 3 aromatic carbocycles. The van der Waals surface area contributed by atoms with E-state index in [0.717, 1.165) is 0 Å². The minimum atomic E-state index is -1.50. The molecule has 1 saturated heterocycles. The number of anilines is 1. The first-order valence-corrected chi connectivity index (χ1v) is 13.5. The highest BCUT2D eigenvalue weighted by Crippen LogP contribution is 2.34. The largest absolute Gasteiger partial charge is 0.459 e. The number of esters is 2. The first kappa shape index (κ1) is 28.5. The van der Waals surface area contributed by atoms with E-state index in [-0.39, 0.29) is 29.3 Å². The van der Waals surface area contributed by atoms with Gasteiger partial charge in [0, 0.05) is 5.56 Å². The molecule has 1 amide bonds. The summed E-state index contributed by atoms with van der Waals surface area (Å²) in [5.74, 6) is -2.04. The third kappa shape index (κ3) is 5.82. The SMILES string of the molecule is O=C(Nc1nc2c(ncn2C2OC(COC(=O)c3ccccc3)C(OC(=O)c3ccccc3)C2O)c(=O)[nH]1)c1ccccc1. The molecule has 13 heteroatoms. The number of ether oxygens (including phenoxy) is 3. The maximum Gasteiger partial charge on any atom is 0.338 e. The van der Waals surface area contributed by atoms with Crippen LogP contribution in [0.5, 0.6) is 0 Å². The number of aromatic amines is 1. The van der Waals surface area contributed by atoms with E-state index in [1.807, 2.05) is 0 Å². The second kappa shape index (κ2) is 12.3. The molecule has 0 aliphatic carbocycles. The molecule has 0 bridgehead atoms. The number of carbonyl (C=O) groups excluding carboxylic acids is 3. The number of hydrogen-bond donors (Lipinski definition) is 3. The monoisotopic (exact) mass is 595 g/mol. The fraction of sp³-hybridized carbons (Fsp3) is 0.161. The van der Waals surface area contributed by atoms with Gasteiger partial charge >= 0.3 is 11.9 Å². The van der Waals surface area contributed by atoms with Crippen molar-refractivity contribution in [3.8, 4) is 0 Å². The van der Waals surface area contributed by atoms with Crippen molar-refractivity contribution in [2.45, 2.75) is 24.5 Å². The number of imidazole rings is 1. The van der Waals surface area contributed by atoms with Gasteiger partial charge in [-0.2, -0.15) is 4.98 Å². The summed E-state index contributed by atoms with van der Waals surface area (Å²) in [7, 11) is 0. The summed E-state index contributed by atoms with van der Waals surface area (Å²) in [6.07, 6.45) is -3.91. The Morgan fingerprint density at radius 2 is 1.48 bits per heavy atom. The van der Waals surface area contributed by atoms with Gasteiger partial charge in [-0.1, -0.05) is 54.6 Å². The minimum absolute atomic E-state index is 0.0174. The second-order valence-corrected chi connectivity index (χ2v) is 9.81. The van der Waals surface area contributed by atoms with Crippen molar-refractivity contribution in [3.05, 3.63) is 124 Å². The van der Waals surface area contributed by atoms with Crippen LogP contribution in [0.2, 0.25) is 0 Å². The molecule has 0 radical (unpaired) electrons. The number of aromatic nitrogens is 4. The Hall–Kier alpha value is -5.66. The molecule has 13 nitrogen and oxygen atoms in total. The lowest BCUT2D eigenvalue weighted by atomic mass is 10.1. The van der Waals surface area contributed by atoms with Crippen LogP contribution in [-0.2, 0) is 14.2 Å². The first-order chi connectivity index (χ1) is 21.4. The number of benzene rings is 3. The molecule has 1 aliphatic heterocycles. The van der Waals surface area contributed by atoms with Crippen LogP contribution in [0.3, 0.4) is 0 Å². The van der Waals surface area contributed by atoms with Gasteiger partial charge in [-0.3, -0.25) is 24.5 Å². The minimum Gasteiger partial charge on any atom is -0.459 e. The molecule has 1 fully saturated rings. The highest BCUT2D eigenvalue weighted by molar-refractivity contribution is 6.03. The third-order valence-corrected chi connectivity index (χ3v) is 6.92. The van der Waals surface area contributed by atoms with Crippen molar-refractivity contribution in [2.75, 3.05) is 11.9 Å². The van der Waals surface area contributed by atoms with Crippen molar-refractivity contribution in [1.82, 2.24) is 19.5 Å². The summed E-state index contributed by atoms with van der Waals surface area (Å²) in [5, 5.41) is 13.9. The number of nitrogens with zero attached hydrogens (tertiary/aromatic N) is 3. The van der Waals surface area contributed by atoms with Gasteiger partial charge < -0.3 is 19.3 Å². The van der Waals surface area contributed by atoms with E-state index in [4.69, 9.17) is 14.2 Å². The standard InChI is InChI=1S/C31H25N5O8/c37-23-24(44-30(41)20-14-8-3-9-15-20)21(16-42-29(40)19-12-6-2-7-13-19)43-28(23)36-17-32-22-25(36)33-31(35-27(22)39)34-26(38)18-10-4-1-5-11-18/h1-15,17,21,23-24,28,37H,16H2,(H2,33,34,35,38,39). The summed E-state index contributed by atoms with van der Waals surface area (Å²) < 4.78 is 18.5. The number of H-pyrrole nitrogens is 1. The van der Waals surface area contributed by atoms with Gasteiger partial charge in [0.2, 0.25) is 5.95 Å². The van der Waals surface area contributed by atoms with Crippen LogP contribution in [0.1, 0.15) is 37.3 Å². The molecule has 44 heavy (non-hydrogen) atoms. The van der Waals surface area contributed by atoms with Crippen molar-refractivity contribution in [3.63, 3.8) is 0 Å².